The van der Waals surface area contributed by atoms with Crippen LogP contribution in [-0.2, 0) is 19.4 Å². The number of hydrogen-bond donors (Lipinski definition) is 0. The summed E-state index contributed by atoms with van der Waals surface area (Å²) in [5.41, 5.74) is 1.94. The Labute approximate surface area is 162 Å². The van der Waals surface area contributed by atoms with Gasteiger partial charge < -0.3 is 14.8 Å². The number of carbonyl (C=O) groups is 2. The molecule has 0 bridgehead atoms. The van der Waals surface area contributed by atoms with E-state index < -0.39 is 21.7 Å². The molecule has 0 unspecified atom stereocenters. The van der Waals surface area contributed by atoms with Crippen LogP contribution in [0.1, 0.15) is 38.2 Å². The molecule has 2 atom stereocenters. The summed E-state index contributed by atoms with van der Waals surface area (Å²) in [6, 6.07) is 7.50. The minimum Gasteiger partial charge on any atom is -0.550 e. The van der Waals surface area contributed by atoms with Gasteiger partial charge in [0.05, 0.1) is 17.5 Å². The largest absolute Gasteiger partial charge is 0.550 e. The molecule has 2 heterocycles. The van der Waals surface area contributed by atoms with E-state index in [1.807, 2.05) is 24.3 Å². The fraction of sp³-hybridized carbons (Fsp3) is 0.500. The number of anilines is 1. The molecular weight excluding hydrogens is 388 g/mol. The van der Waals surface area contributed by atoms with Crippen molar-refractivity contribution in [2.75, 3.05) is 16.4 Å². The molecule has 1 aromatic carbocycles. The van der Waals surface area contributed by atoms with E-state index in [0.29, 0.717) is 11.1 Å². The second-order valence-electron chi connectivity index (χ2n) is 7.08. The van der Waals surface area contributed by atoms with Crippen LogP contribution in [0.15, 0.2) is 29.3 Å². The third kappa shape index (κ3) is 4.52. The first-order valence-corrected chi connectivity index (χ1v) is 11.4. The van der Waals surface area contributed by atoms with Crippen molar-refractivity contribution in [3.8, 4) is 0 Å². The number of nitrogens with zero attached hydrogens (tertiary/aromatic N) is 2. The molecule has 2 fully saturated rings. The Morgan fingerprint density at radius 1 is 1.22 bits per heavy atom. The maximum atomic E-state index is 12.1. The summed E-state index contributed by atoms with van der Waals surface area (Å²) in [6.45, 7) is 4.17. The van der Waals surface area contributed by atoms with E-state index in [4.69, 9.17) is 0 Å². The Bertz CT molecular complexity index is 878. The van der Waals surface area contributed by atoms with E-state index in [2.05, 4.69) is 18.8 Å². The molecule has 27 heavy (non-hydrogen) atoms. The predicted molar refractivity (Wildman–Crippen MR) is 104 cm³/mol. The van der Waals surface area contributed by atoms with Gasteiger partial charge in [-0.3, -0.25) is 4.79 Å². The molecule has 2 aliphatic rings. The molecular formula is C18H21N2O5S2-. The number of aliphatic carboxylic acids is 1. The fourth-order valence-electron chi connectivity index (χ4n) is 3.26. The first-order valence-electron chi connectivity index (χ1n) is 8.74. The molecule has 0 radical (unpaired) electrons. The van der Waals surface area contributed by atoms with Crippen LogP contribution < -0.4 is 10.0 Å². The van der Waals surface area contributed by atoms with Gasteiger partial charge in [0.1, 0.15) is 0 Å². The second-order valence-corrected chi connectivity index (χ2v) is 10.4. The van der Waals surface area contributed by atoms with E-state index in [1.165, 1.54) is 11.8 Å². The standard InChI is InChI=1S/C18H22N2O5S2/c1-11(2)12-3-5-13(6-4-12)20-14-9-27(24,25)10-15(14)26-18(20)19-16(21)7-8-17(22)23/h3-6,11,14-15H,7-10H2,1-2H3,(H,22,23)/p-1/t14-,15-/m1/s1. The first-order chi connectivity index (χ1) is 12.7. The molecule has 0 N–H and O–H groups in total. The highest BCUT2D eigenvalue weighted by molar-refractivity contribution is 8.16. The molecule has 0 saturated carbocycles. The monoisotopic (exact) mass is 409 g/mol. The number of carboxylic acid groups (broad SMARTS) is 1. The number of aliphatic imine (C=N–C) groups is 1. The smallest absolute Gasteiger partial charge is 0.248 e. The van der Waals surface area contributed by atoms with Crippen LogP contribution in [0.25, 0.3) is 0 Å². The number of amides is 1. The Morgan fingerprint density at radius 3 is 2.48 bits per heavy atom. The Balaban J connectivity index is 1.90. The third-order valence-corrected chi connectivity index (χ3v) is 7.88. The van der Waals surface area contributed by atoms with Crippen molar-refractivity contribution in [3.05, 3.63) is 29.8 Å². The number of fused-ring (bicyclic) bond motifs is 1. The summed E-state index contributed by atoms with van der Waals surface area (Å²) in [6.07, 6.45) is -0.620. The average molecular weight is 410 g/mol. The second kappa shape index (κ2) is 7.63. The molecule has 0 aliphatic carbocycles. The van der Waals surface area contributed by atoms with Crippen LogP contribution >= 0.6 is 11.8 Å². The molecule has 1 aromatic rings. The van der Waals surface area contributed by atoms with E-state index in [0.717, 1.165) is 11.3 Å². The van der Waals surface area contributed by atoms with Crippen molar-refractivity contribution in [2.24, 2.45) is 4.99 Å². The molecule has 3 rings (SSSR count). The van der Waals surface area contributed by atoms with Crippen molar-refractivity contribution < 1.29 is 23.1 Å². The third-order valence-electron chi connectivity index (χ3n) is 4.67. The quantitative estimate of drug-likeness (QED) is 0.712. The SMILES string of the molecule is CC(C)c1ccc(N2C(=NC(=O)CCC(=O)[O-])S[C@@H]3CS(=O)(=O)C[C@H]32)cc1. The van der Waals surface area contributed by atoms with Crippen molar-refractivity contribution >= 4 is 44.3 Å². The lowest BCUT2D eigenvalue weighted by Gasteiger charge is -2.25. The highest BCUT2D eigenvalue weighted by Gasteiger charge is 2.49. The van der Waals surface area contributed by atoms with Crippen LogP contribution in [0.5, 0.6) is 0 Å². The summed E-state index contributed by atoms with van der Waals surface area (Å²) in [4.78, 5) is 28.5. The normalized spacial score (nSPS) is 25.1. The minimum absolute atomic E-state index is 0.0167. The number of amidine groups is 1. The van der Waals surface area contributed by atoms with Crippen LogP contribution in [0.2, 0.25) is 0 Å². The topological polar surface area (TPSA) is 107 Å². The predicted octanol–water partition coefficient (Wildman–Crippen LogP) is 0.942. The van der Waals surface area contributed by atoms with Gasteiger partial charge in [0, 0.05) is 23.3 Å². The van der Waals surface area contributed by atoms with E-state index in [9.17, 15) is 23.1 Å². The molecule has 1 amide bonds. The summed E-state index contributed by atoms with van der Waals surface area (Å²) in [5.74, 6) is -1.41. The maximum Gasteiger partial charge on any atom is 0.248 e. The zero-order valence-electron chi connectivity index (χ0n) is 15.1. The van der Waals surface area contributed by atoms with Crippen LogP contribution in [-0.4, -0.2) is 48.3 Å². The number of rotatable bonds is 5. The van der Waals surface area contributed by atoms with Crippen LogP contribution in [0.4, 0.5) is 5.69 Å². The molecule has 2 aliphatic heterocycles. The number of thioether (sulfide) groups is 1. The van der Waals surface area contributed by atoms with Gasteiger partial charge >= 0.3 is 0 Å². The lowest BCUT2D eigenvalue weighted by molar-refractivity contribution is -0.305. The Hall–Kier alpha value is -1.87. The average Bonchev–Trinajstić information content (AvgIpc) is 3.03. The summed E-state index contributed by atoms with van der Waals surface area (Å²) in [7, 11) is -3.13. The first kappa shape index (κ1) is 19.9. The van der Waals surface area contributed by atoms with Crippen molar-refractivity contribution in [3.63, 3.8) is 0 Å². The molecule has 2 saturated heterocycles. The molecule has 0 spiro atoms. The van der Waals surface area contributed by atoms with Crippen LogP contribution in [0, 0.1) is 0 Å². The molecule has 9 heteroatoms. The van der Waals surface area contributed by atoms with Crippen molar-refractivity contribution in [2.45, 2.75) is 43.9 Å². The van der Waals surface area contributed by atoms with Gasteiger partial charge in [0.15, 0.2) is 15.0 Å². The number of hydrogen-bond acceptors (Lipinski definition) is 6. The van der Waals surface area contributed by atoms with Gasteiger partial charge in [-0.15, -0.1) is 0 Å². The number of benzene rings is 1. The van der Waals surface area contributed by atoms with Gasteiger partial charge in [-0.25, -0.2) is 8.42 Å². The molecule has 7 nitrogen and oxygen atoms in total. The highest BCUT2D eigenvalue weighted by Crippen LogP contribution is 2.41. The Kier molecular flexibility index (Phi) is 5.62. The Morgan fingerprint density at radius 2 is 1.89 bits per heavy atom. The van der Waals surface area contributed by atoms with Gasteiger partial charge in [-0.05, 0) is 30.0 Å². The summed E-state index contributed by atoms with van der Waals surface area (Å²) >= 11 is 1.27. The summed E-state index contributed by atoms with van der Waals surface area (Å²) in [5, 5.41) is 10.8. The van der Waals surface area contributed by atoms with Crippen molar-refractivity contribution in [1.29, 1.82) is 0 Å². The van der Waals surface area contributed by atoms with Gasteiger partial charge in [0.2, 0.25) is 5.91 Å². The fourth-order valence-corrected chi connectivity index (χ4v) is 7.19. The van der Waals surface area contributed by atoms with E-state index in [1.54, 1.807) is 4.90 Å². The number of sulfone groups is 1. The zero-order chi connectivity index (χ0) is 19.8. The molecule has 146 valence electrons. The maximum absolute atomic E-state index is 12.1. The highest BCUT2D eigenvalue weighted by atomic mass is 32.2. The number of carboxylic acids is 1. The van der Waals surface area contributed by atoms with Crippen LogP contribution in [0.3, 0.4) is 0 Å². The zero-order valence-corrected chi connectivity index (χ0v) is 16.8. The minimum atomic E-state index is -3.13. The van der Waals surface area contributed by atoms with Crippen molar-refractivity contribution in [1.82, 2.24) is 0 Å². The lowest BCUT2D eigenvalue weighted by atomic mass is 10.0. The lowest BCUT2D eigenvalue weighted by Crippen LogP contribution is -2.37. The van der Waals surface area contributed by atoms with E-state index in [-0.39, 0.29) is 35.6 Å². The van der Waals surface area contributed by atoms with Gasteiger partial charge in [-0.2, -0.15) is 4.99 Å². The molecule has 0 aromatic heterocycles. The van der Waals surface area contributed by atoms with Gasteiger partial charge in [0.25, 0.3) is 0 Å². The number of carbonyl (C=O) groups excluding carboxylic acids is 2. The van der Waals surface area contributed by atoms with Gasteiger partial charge in [-0.1, -0.05) is 37.7 Å². The van der Waals surface area contributed by atoms with E-state index >= 15 is 0 Å². The summed E-state index contributed by atoms with van der Waals surface area (Å²) < 4.78 is 24.1.